The SMILES string of the molecule is COc1ccc(C(=O)N[C@H](C)c2cc(C)c(C)cc2C)cc1OC. The van der Waals surface area contributed by atoms with E-state index in [1.165, 1.54) is 16.7 Å². The van der Waals surface area contributed by atoms with Crippen molar-refractivity contribution in [1.29, 1.82) is 0 Å². The minimum atomic E-state index is -0.138. The van der Waals surface area contributed by atoms with Crippen molar-refractivity contribution in [2.24, 2.45) is 0 Å². The van der Waals surface area contributed by atoms with Crippen LogP contribution in [0.4, 0.5) is 0 Å². The lowest BCUT2D eigenvalue weighted by Crippen LogP contribution is -2.27. The molecular formula is C20H25NO3. The van der Waals surface area contributed by atoms with Gasteiger partial charge in [-0.15, -0.1) is 0 Å². The van der Waals surface area contributed by atoms with Crippen LogP contribution in [0, 0.1) is 20.8 Å². The molecule has 0 aliphatic carbocycles. The van der Waals surface area contributed by atoms with E-state index >= 15 is 0 Å². The number of hydrogen-bond donors (Lipinski definition) is 1. The van der Waals surface area contributed by atoms with Crippen LogP contribution in [0.2, 0.25) is 0 Å². The third-order valence-corrected chi connectivity index (χ3v) is 4.34. The summed E-state index contributed by atoms with van der Waals surface area (Å²) in [7, 11) is 3.13. The molecule has 0 aromatic heterocycles. The zero-order valence-electron chi connectivity index (χ0n) is 15.2. The summed E-state index contributed by atoms with van der Waals surface area (Å²) in [6.45, 7) is 8.25. The Balaban J connectivity index is 2.22. The number of carbonyl (C=O) groups is 1. The van der Waals surface area contributed by atoms with Crippen LogP contribution < -0.4 is 14.8 Å². The van der Waals surface area contributed by atoms with Crippen molar-refractivity contribution >= 4 is 5.91 Å². The van der Waals surface area contributed by atoms with Gasteiger partial charge in [0.1, 0.15) is 0 Å². The van der Waals surface area contributed by atoms with Crippen LogP contribution in [-0.4, -0.2) is 20.1 Å². The second-order valence-electron chi connectivity index (χ2n) is 6.06. The Bertz CT molecular complexity index is 753. The third-order valence-electron chi connectivity index (χ3n) is 4.34. The fourth-order valence-electron chi connectivity index (χ4n) is 2.78. The number of benzene rings is 2. The van der Waals surface area contributed by atoms with Gasteiger partial charge in [-0.05, 0) is 68.1 Å². The number of amides is 1. The van der Waals surface area contributed by atoms with Crippen LogP contribution in [0.5, 0.6) is 11.5 Å². The molecule has 4 heteroatoms. The molecule has 1 amide bonds. The molecule has 2 aromatic rings. The molecule has 0 saturated heterocycles. The average molecular weight is 327 g/mol. The molecule has 0 spiro atoms. The van der Waals surface area contributed by atoms with E-state index in [4.69, 9.17) is 9.47 Å². The highest BCUT2D eigenvalue weighted by molar-refractivity contribution is 5.95. The largest absolute Gasteiger partial charge is 0.493 e. The summed E-state index contributed by atoms with van der Waals surface area (Å²) in [4.78, 5) is 12.6. The Morgan fingerprint density at radius 2 is 1.54 bits per heavy atom. The summed E-state index contributed by atoms with van der Waals surface area (Å²) < 4.78 is 10.5. The van der Waals surface area contributed by atoms with Gasteiger partial charge in [0.2, 0.25) is 0 Å². The third kappa shape index (κ3) is 3.70. The quantitative estimate of drug-likeness (QED) is 0.898. The van der Waals surface area contributed by atoms with Gasteiger partial charge in [-0.3, -0.25) is 4.79 Å². The molecule has 0 saturated carbocycles. The van der Waals surface area contributed by atoms with E-state index in [1.807, 2.05) is 6.92 Å². The minimum absolute atomic E-state index is 0.0788. The highest BCUT2D eigenvalue weighted by Gasteiger charge is 2.16. The zero-order valence-corrected chi connectivity index (χ0v) is 15.2. The van der Waals surface area contributed by atoms with Gasteiger partial charge in [0, 0.05) is 5.56 Å². The molecule has 2 rings (SSSR count). The van der Waals surface area contributed by atoms with Gasteiger partial charge >= 0.3 is 0 Å². The van der Waals surface area contributed by atoms with E-state index in [0.717, 1.165) is 5.56 Å². The van der Waals surface area contributed by atoms with E-state index < -0.39 is 0 Å². The van der Waals surface area contributed by atoms with Crippen LogP contribution >= 0.6 is 0 Å². The van der Waals surface area contributed by atoms with Gasteiger partial charge in [-0.1, -0.05) is 12.1 Å². The Morgan fingerprint density at radius 3 is 2.17 bits per heavy atom. The summed E-state index contributed by atoms with van der Waals surface area (Å²) in [6, 6.07) is 9.38. The zero-order chi connectivity index (χ0) is 17.9. The first-order valence-electron chi connectivity index (χ1n) is 7.98. The molecule has 0 aliphatic rings. The van der Waals surface area contributed by atoms with Crippen molar-refractivity contribution in [3.63, 3.8) is 0 Å². The molecule has 0 unspecified atom stereocenters. The van der Waals surface area contributed by atoms with Gasteiger partial charge in [0.05, 0.1) is 20.3 Å². The van der Waals surface area contributed by atoms with Crippen LogP contribution in [0.25, 0.3) is 0 Å². The topological polar surface area (TPSA) is 47.6 Å². The predicted octanol–water partition coefficient (Wildman–Crippen LogP) is 4.12. The molecule has 1 atom stereocenters. The first-order chi connectivity index (χ1) is 11.4. The van der Waals surface area contributed by atoms with E-state index in [9.17, 15) is 4.79 Å². The first kappa shape index (κ1) is 17.9. The van der Waals surface area contributed by atoms with E-state index in [2.05, 4.69) is 38.2 Å². The molecule has 24 heavy (non-hydrogen) atoms. The molecule has 0 aliphatic heterocycles. The number of hydrogen-bond acceptors (Lipinski definition) is 3. The second-order valence-corrected chi connectivity index (χ2v) is 6.06. The fraction of sp³-hybridized carbons (Fsp3) is 0.350. The Labute approximate surface area is 143 Å². The maximum absolute atomic E-state index is 12.6. The van der Waals surface area contributed by atoms with Crippen molar-refractivity contribution in [3.05, 3.63) is 58.1 Å². The van der Waals surface area contributed by atoms with E-state index in [-0.39, 0.29) is 11.9 Å². The lowest BCUT2D eigenvalue weighted by atomic mass is 9.96. The molecule has 128 valence electrons. The summed E-state index contributed by atoms with van der Waals surface area (Å²) in [5.41, 5.74) is 5.34. The van der Waals surface area contributed by atoms with Gasteiger partial charge in [-0.2, -0.15) is 0 Å². The maximum atomic E-state index is 12.6. The van der Waals surface area contributed by atoms with Crippen molar-refractivity contribution in [2.75, 3.05) is 14.2 Å². The predicted molar refractivity (Wildman–Crippen MR) is 96.1 cm³/mol. The van der Waals surface area contributed by atoms with Crippen LogP contribution in [0.3, 0.4) is 0 Å². The fourth-order valence-corrected chi connectivity index (χ4v) is 2.78. The lowest BCUT2D eigenvalue weighted by Gasteiger charge is -2.19. The maximum Gasteiger partial charge on any atom is 0.251 e. The minimum Gasteiger partial charge on any atom is -0.493 e. The highest BCUT2D eigenvalue weighted by Crippen LogP contribution is 2.28. The monoisotopic (exact) mass is 327 g/mol. The Morgan fingerprint density at radius 1 is 0.917 bits per heavy atom. The van der Waals surface area contributed by atoms with Crippen molar-refractivity contribution in [2.45, 2.75) is 33.7 Å². The molecular weight excluding hydrogens is 302 g/mol. The Kier molecular flexibility index (Phi) is 5.50. The molecule has 0 radical (unpaired) electrons. The molecule has 1 N–H and O–H groups in total. The molecule has 2 aromatic carbocycles. The number of methoxy groups -OCH3 is 2. The molecule has 0 fully saturated rings. The van der Waals surface area contributed by atoms with Crippen LogP contribution in [0.1, 0.15) is 45.6 Å². The standard InChI is InChI=1S/C20H25NO3/c1-12-9-14(3)17(10-13(12)2)15(4)21-20(22)16-7-8-18(23-5)19(11-16)24-6/h7-11,15H,1-6H3,(H,21,22)/t15-/m1/s1. The number of ether oxygens (including phenoxy) is 2. The normalized spacial score (nSPS) is 11.8. The lowest BCUT2D eigenvalue weighted by molar-refractivity contribution is 0.0939. The number of rotatable bonds is 5. The highest BCUT2D eigenvalue weighted by atomic mass is 16.5. The van der Waals surface area contributed by atoms with Gasteiger partial charge in [0.15, 0.2) is 11.5 Å². The summed E-state index contributed by atoms with van der Waals surface area (Å²) in [6.07, 6.45) is 0. The van der Waals surface area contributed by atoms with Crippen molar-refractivity contribution in [1.82, 2.24) is 5.32 Å². The molecule has 0 heterocycles. The second kappa shape index (κ2) is 7.39. The first-order valence-corrected chi connectivity index (χ1v) is 7.98. The van der Waals surface area contributed by atoms with E-state index in [1.54, 1.807) is 32.4 Å². The average Bonchev–Trinajstić information content (AvgIpc) is 2.57. The van der Waals surface area contributed by atoms with Gasteiger partial charge in [-0.25, -0.2) is 0 Å². The number of nitrogens with one attached hydrogen (secondary N) is 1. The molecule has 0 bridgehead atoms. The van der Waals surface area contributed by atoms with Crippen molar-refractivity contribution < 1.29 is 14.3 Å². The summed E-state index contributed by atoms with van der Waals surface area (Å²) in [5.74, 6) is 1.01. The number of aryl methyl sites for hydroxylation is 3. The van der Waals surface area contributed by atoms with E-state index in [0.29, 0.717) is 17.1 Å². The van der Waals surface area contributed by atoms with Crippen LogP contribution in [-0.2, 0) is 0 Å². The Hall–Kier alpha value is -2.49. The van der Waals surface area contributed by atoms with Crippen LogP contribution in [0.15, 0.2) is 30.3 Å². The summed E-state index contributed by atoms with van der Waals surface area (Å²) in [5, 5.41) is 3.05. The van der Waals surface area contributed by atoms with Crippen molar-refractivity contribution in [3.8, 4) is 11.5 Å². The number of carbonyl (C=O) groups excluding carboxylic acids is 1. The molecule has 4 nitrogen and oxygen atoms in total. The van der Waals surface area contributed by atoms with Gasteiger partial charge < -0.3 is 14.8 Å². The smallest absolute Gasteiger partial charge is 0.251 e. The summed E-state index contributed by atoms with van der Waals surface area (Å²) >= 11 is 0. The van der Waals surface area contributed by atoms with Gasteiger partial charge in [0.25, 0.3) is 5.91 Å².